The number of carbonyl (C=O) groups is 2. The molecule has 1 aromatic rings. The summed E-state index contributed by atoms with van der Waals surface area (Å²) in [6.07, 6.45) is 7.59. The Balaban J connectivity index is 0.000000612. The molecule has 8 heteroatoms. The summed E-state index contributed by atoms with van der Waals surface area (Å²) in [6.45, 7) is 6.03. The van der Waals surface area contributed by atoms with Gasteiger partial charge in [-0.15, -0.1) is 0 Å². The second-order valence-corrected chi connectivity index (χ2v) is 6.71. The van der Waals surface area contributed by atoms with Crippen molar-refractivity contribution in [2.45, 2.75) is 38.5 Å². The Hall–Kier alpha value is -2.32. The van der Waals surface area contributed by atoms with Gasteiger partial charge in [-0.05, 0) is 44.5 Å². The van der Waals surface area contributed by atoms with Gasteiger partial charge < -0.3 is 29.3 Å². The molecule has 1 aromatic carbocycles. The highest BCUT2D eigenvalue weighted by molar-refractivity contribution is 6.27. The predicted octanol–water partition coefficient (Wildman–Crippen LogP) is 2.90. The molecule has 0 amide bonds. The summed E-state index contributed by atoms with van der Waals surface area (Å²) in [4.78, 5) is 20.8. The standard InChI is InChI=1S/C19H31NO3.C2H2O4/c1-21-18-9-6-10-19(17-18)23-16-8-15-22-14-7-13-20-11-4-2-3-5-12-20;3-1(4)2(5)6/h6,9-10,17H,2-5,7-8,11-16H2,1H3;(H,3,4)(H,5,6). The van der Waals surface area contributed by atoms with Crippen LogP contribution in [0.2, 0.25) is 0 Å². The quantitative estimate of drug-likeness (QED) is 0.447. The third-order valence-electron chi connectivity index (χ3n) is 4.39. The molecule has 0 spiro atoms. The van der Waals surface area contributed by atoms with E-state index in [-0.39, 0.29) is 0 Å². The van der Waals surface area contributed by atoms with E-state index in [1.807, 2.05) is 24.3 Å². The van der Waals surface area contributed by atoms with Gasteiger partial charge in [0.15, 0.2) is 0 Å². The lowest BCUT2D eigenvalue weighted by molar-refractivity contribution is -0.159. The van der Waals surface area contributed by atoms with Crippen LogP contribution in [0.3, 0.4) is 0 Å². The highest BCUT2D eigenvalue weighted by atomic mass is 16.5. The lowest BCUT2D eigenvalue weighted by atomic mass is 10.2. The summed E-state index contributed by atoms with van der Waals surface area (Å²) in [5.41, 5.74) is 0. The molecule has 0 aliphatic carbocycles. The Kier molecular flexibility index (Phi) is 13.3. The lowest BCUT2D eigenvalue weighted by Gasteiger charge is -2.19. The van der Waals surface area contributed by atoms with E-state index in [9.17, 15) is 0 Å². The number of hydrogen-bond acceptors (Lipinski definition) is 6. The second-order valence-electron chi connectivity index (χ2n) is 6.71. The summed E-state index contributed by atoms with van der Waals surface area (Å²) in [5, 5.41) is 14.8. The van der Waals surface area contributed by atoms with Crippen molar-refractivity contribution in [3.8, 4) is 11.5 Å². The summed E-state index contributed by atoms with van der Waals surface area (Å²) < 4.78 is 16.6. The fourth-order valence-electron chi connectivity index (χ4n) is 2.89. The van der Waals surface area contributed by atoms with Crippen LogP contribution in [0.25, 0.3) is 0 Å². The Morgan fingerprint density at radius 3 is 2.17 bits per heavy atom. The van der Waals surface area contributed by atoms with Gasteiger partial charge >= 0.3 is 11.9 Å². The first-order chi connectivity index (χ1) is 14.0. The highest BCUT2D eigenvalue weighted by Gasteiger charge is 2.08. The van der Waals surface area contributed by atoms with Gasteiger partial charge in [-0.25, -0.2) is 9.59 Å². The van der Waals surface area contributed by atoms with Crippen LogP contribution in [0.15, 0.2) is 24.3 Å². The molecule has 1 heterocycles. The Morgan fingerprint density at radius 2 is 1.55 bits per heavy atom. The Labute approximate surface area is 172 Å². The fourth-order valence-corrected chi connectivity index (χ4v) is 2.89. The number of rotatable bonds is 10. The van der Waals surface area contributed by atoms with E-state index in [1.165, 1.54) is 45.3 Å². The van der Waals surface area contributed by atoms with Crippen molar-refractivity contribution < 1.29 is 34.0 Å². The molecule has 1 fully saturated rings. The lowest BCUT2D eigenvalue weighted by Crippen LogP contribution is -2.26. The van der Waals surface area contributed by atoms with Gasteiger partial charge in [0, 0.05) is 32.2 Å². The molecule has 0 aromatic heterocycles. The maximum atomic E-state index is 9.10. The maximum Gasteiger partial charge on any atom is 0.414 e. The van der Waals surface area contributed by atoms with Crippen molar-refractivity contribution in [1.29, 1.82) is 0 Å². The smallest absolute Gasteiger partial charge is 0.414 e. The summed E-state index contributed by atoms with van der Waals surface area (Å²) in [7, 11) is 1.67. The molecular weight excluding hydrogens is 378 g/mol. The van der Waals surface area contributed by atoms with Crippen molar-refractivity contribution in [3.63, 3.8) is 0 Å². The Bertz CT molecular complexity index is 574. The molecule has 2 rings (SSSR count). The van der Waals surface area contributed by atoms with Crippen LogP contribution in [0.1, 0.15) is 38.5 Å². The topological polar surface area (TPSA) is 106 Å². The number of ether oxygens (including phenoxy) is 3. The molecule has 29 heavy (non-hydrogen) atoms. The minimum absolute atomic E-state index is 0.680. The van der Waals surface area contributed by atoms with Crippen molar-refractivity contribution >= 4 is 11.9 Å². The van der Waals surface area contributed by atoms with Crippen LogP contribution in [0, 0.1) is 0 Å². The van der Waals surface area contributed by atoms with Crippen LogP contribution < -0.4 is 9.47 Å². The third-order valence-corrected chi connectivity index (χ3v) is 4.39. The van der Waals surface area contributed by atoms with E-state index in [4.69, 9.17) is 34.0 Å². The minimum Gasteiger partial charge on any atom is -0.497 e. The number of methoxy groups -OCH3 is 1. The van der Waals surface area contributed by atoms with Gasteiger partial charge in [-0.2, -0.15) is 0 Å². The van der Waals surface area contributed by atoms with E-state index in [1.54, 1.807) is 7.11 Å². The number of nitrogens with zero attached hydrogens (tertiary/aromatic N) is 1. The van der Waals surface area contributed by atoms with Crippen LogP contribution in [0.4, 0.5) is 0 Å². The van der Waals surface area contributed by atoms with Crippen molar-refractivity contribution in [2.24, 2.45) is 0 Å². The van der Waals surface area contributed by atoms with E-state index in [0.717, 1.165) is 37.6 Å². The van der Waals surface area contributed by atoms with Gasteiger partial charge in [0.2, 0.25) is 0 Å². The molecule has 0 radical (unpaired) electrons. The van der Waals surface area contributed by atoms with Gasteiger partial charge in [-0.1, -0.05) is 18.9 Å². The molecule has 1 saturated heterocycles. The van der Waals surface area contributed by atoms with E-state index < -0.39 is 11.9 Å². The molecule has 0 unspecified atom stereocenters. The number of benzene rings is 1. The monoisotopic (exact) mass is 411 g/mol. The number of carboxylic acids is 2. The molecule has 8 nitrogen and oxygen atoms in total. The third kappa shape index (κ3) is 12.7. The van der Waals surface area contributed by atoms with E-state index >= 15 is 0 Å². The van der Waals surface area contributed by atoms with Crippen molar-refractivity contribution in [3.05, 3.63) is 24.3 Å². The zero-order valence-corrected chi connectivity index (χ0v) is 17.2. The molecule has 2 N–H and O–H groups in total. The average Bonchev–Trinajstić information content (AvgIpc) is 2.99. The zero-order chi connectivity index (χ0) is 21.3. The van der Waals surface area contributed by atoms with E-state index in [0.29, 0.717) is 6.61 Å². The number of carboxylic acid groups (broad SMARTS) is 2. The van der Waals surface area contributed by atoms with Gasteiger partial charge in [0.1, 0.15) is 11.5 Å². The van der Waals surface area contributed by atoms with Gasteiger partial charge in [-0.3, -0.25) is 0 Å². The SMILES string of the molecule is COc1cccc(OCCCOCCCN2CCCCCC2)c1.O=C(O)C(=O)O. The van der Waals surface area contributed by atoms with Crippen LogP contribution >= 0.6 is 0 Å². The van der Waals surface area contributed by atoms with Crippen LogP contribution in [0.5, 0.6) is 11.5 Å². The zero-order valence-electron chi connectivity index (χ0n) is 17.2. The fraction of sp³-hybridized carbons (Fsp3) is 0.619. The molecule has 164 valence electrons. The summed E-state index contributed by atoms with van der Waals surface area (Å²) in [6, 6.07) is 7.71. The number of likely N-dealkylation sites (tertiary alicyclic amines) is 1. The first-order valence-electron chi connectivity index (χ1n) is 10.1. The largest absolute Gasteiger partial charge is 0.497 e. The molecule has 1 aliphatic heterocycles. The predicted molar refractivity (Wildman–Crippen MR) is 109 cm³/mol. The maximum absolute atomic E-state index is 9.10. The summed E-state index contributed by atoms with van der Waals surface area (Å²) >= 11 is 0. The molecule has 0 saturated carbocycles. The number of hydrogen-bond donors (Lipinski definition) is 2. The minimum atomic E-state index is -1.82. The normalized spacial score (nSPS) is 14.2. The first kappa shape index (κ1) is 24.7. The average molecular weight is 411 g/mol. The second kappa shape index (κ2) is 15.6. The first-order valence-corrected chi connectivity index (χ1v) is 10.1. The molecule has 0 bridgehead atoms. The highest BCUT2D eigenvalue weighted by Crippen LogP contribution is 2.18. The molecule has 1 aliphatic rings. The van der Waals surface area contributed by atoms with Gasteiger partial charge in [0.05, 0.1) is 13.7 Å². The van der Waals surface area contributed by atoms with E-state index in [2.05, 4.69) is 4.90 Å². The number of aliphatic carboxylic acids is 2. The van der Waals surface area contributed by atoms with Crippen molar-refractivity contribution in [2.75, 3.05) is 46.6 Å². The van der Waals surface area contributed by atoms with Crippen LogP contribution in [-0.4, -0.2) is 73.6 Å². The van der Waals surface area contributed by atoms with Gasteiger partial charge in [0.25, 0.3) is 0 Å². The van der Waals surface area contributed by atoms with Crippen molar-refractivity contribution in [1.82, 2.24) is 4.90 Å². The van der Waals surface area contributed by atoms with Crippen LogP contribution in [-0.2, 0) is 14.3 Å². The molecule has 0 atom stereocenters. The summed E-state index contributed by atoms with van der Waals surface area (Å²) in [5.74, 6) is -1.97. The Morgan fingerprint density at radius 1 is 0.931 bits per heavy atom. The molecular formula is C21H33NO7.